The lowest BCUT2D eigenvalue weighted by Crippen LogP contribution is -2.38. The number of hydrogen-bond acceptors (Lipinski definition) is 10. The number of benzene rings is 1. The van der Waals surface area contributed by atoms with Gasteiger partial charge in [0.15, 0.2) is 0 Å². The number of esters is 2. The molecule has 2 aliphatic heterocycles. The molecule has 2 amide bonds. The van der Waals surface area contributed by atoms with E-state index >= 15 is 0 Å². The number of amides is 2. The Balaban J connectivity index is 0.897. The zero-order valence-electron chi connectivity index (χ0n) is 34.2. The first-order chi connectivity index (χ1) is 28.8. The SMILES string of the molecule is O=C(C[C@@H]1CCCN(c2ccc(C(=O)NC3CCCCC3)cn2)C1)OC(=O)C[C@@H]1CCCN(c2ccc(C(=O)NC3CCCCC3)c(OCCc3ccc(F)cc3)n2)C1. The quantitative estimate of drug-likeness (QED) is 0.125. The van der Waals surface area contributed by atoms with Crippen LogP contribution in [0.15, 0.2) is 54.7 Å². The van der Waals surface area contributed by atoms with Crippen LogP contribution in [0.1, 0.15) is 129 Å². The van der Waals surface area contributed by atoms with Crippen molar-refractivity contribution in [2.45, 2.75) is 121 Å². The Morgan fingerprint density at radius 1 is 0.661 bits per heavy atom. The molecule has 2 aromatic heterocycles. The van der Waals surface area contributed by atoms with Gasteiger partial charge in [0.05, 0.1) is 25.0 Å². The van der Waals surface area contributed by atoms with Gasteiger partial charge in [-0.05, 0) is 105 Å². The lowest BCUT2D eigenvalue weighted by atomic mass is 9.94. The van der Waals surface area contributed by atoms with Gasteiger partial charge in [-0.25, -0.2) is 9.37 Å². The molecule has 2 saturated heterocycles. The Labute approximate surface area is 347 Å². The van der Waals surface area contributed by atoms with Gasteiger partial charge in [0, 0.05) is 50.9 Å². The van der Waals surface area contributed by atoms with E-state index in [2.05, 4.69) is 25.4 Å². The zero-order valence-corrected chi connectivity index (χ0v) is 34.2. The molecule has 4 fully saturated rings. The predicted octanol–water partition coefficient (Wildman–Crippen LogP) is 7.35. The molecule has 59 heavy (non-hydrogen) atoms. The highest BCUT2D eigenvalue weighted by molar-refractivity contribution is 5.97. The summed E-state index contributed by atoms with van der Waals surface area (Å²) in [6.07, 6.45) is 16.7. The van der Waals surface area contributed by atoms with Crippen molar-refractivity contribution in [1.29, 1.82) is 0 Å². The Bertz CT molecular complexity index is 1880. The third-order valence-corrected chi connectivity index (χ3v) is 12.3. The van der Waals surface area contributed by atoms with Gasteiger partial charge in [0.1, 0.15) is 23.0 Å². The molecule has 2 atom stereocenters. The first kappa shape index (κ1) is 42.1. The predicted molar refractivity (Wildman–Crippen MR) is 223 cm³/mol. The minimum absolute atomic E-state index is 0.0243. The van der Waals surface area contributed by atoms with E-state index in [1.807, 2.05) is 18.2 Å². The maximum Gasteiger partial charge on any atom is 0.313 e. The fourth-order valence-corrected chi connectivity index (χ4v) is 9.10. The largest absolute Gasteiger partial charge is 0.477 e. The van der Waals surface area contributed by atoms with Crippen molar-refractivity contribution in [1.82, 2.24) is 20.6 Å². The average molecular weight is 811 g/mol. The van der Waals surface area contributed by atoms with Crippen molar-refractivity contribution in [2.75, 3.05) is 42.6 Å². The maximum absolute atomic E-state index is 13.5. The van der Waals surface area contributed by atoms with Gasteiger partial charge in [-0.2, -0.15) is 4.98 Å². The molecule has 316 valence electrons. The highest BCUT2D eigenvalue weighted by Crippen LogP contribution is 2.29. The minimum atomic E-state index is -0.522. The van der Waals surface area contributed by atoms with Gasteiger partial charge in [0.25, 0.3) is 11.8 Å². The fraction of sp³-hybridized carbons (Fsp3) is 0.565. The van der Waals surface area contributed by atoms with Crippen molar-refractivity contribution >= 4 is 35.4 Å². The second-order valence-electron chi connectivity index (χ2n) is 16.9. The number of piperidine rings is 2. The van der Waals surface area contributed by atoms with Gasteiger partial charge in [-0.1, -0.05) is 50.7 Å². The smallest absolute Gasteiger partial charge is 0.313 e. The number of ether oxygens (including phenoxy) is 2. The van der Waals surface area contributed by atoms with Gasteiger partial charge in [-0.15, -0.1) is 0 Å². The Kier molecular flexibility index (Phi) is 14.8. The van der Waals surface area contributed by atoms with Crippen molar-refractivity contribution in [3.63, 3.8) is 0 Å². The Morgan fingerprint density at radius 2 is 1.24 bits per heavy atom. The van der Waals surface area contributed by atoms with Crippen LogP contribution in [0.2, 0.25) is 0 Å². The van der Waals surface area contributed by atoms with Crippen LogP contribution in [-0.4, -0.2) is 78.6 Å². The van der Waals surface area contributed by atoms with Crippen LogP contribution in [0.3, 0.4) is 0 Å². The van der Waals surface area contributed by atoms with E-state index in [0.29, 0.717) is 36.5 Å². The van der Waals surface area contributed by atoms with Crippen LogP contribution in [0, 0.1) is 17.7 Å². The van der Waals surface area contributed by atoms with Gasteiger partial charge >= 0.3 is 11.9 Å². The van der Waals surface area contributed by atoms with Crippen LogP contribution in [0.25, 0.3) is 0 Å². The van der Waals surface area contributed by atoms with Crippen LogP contribution in [-0.2, 0) is 20.7 Å². The second kappa shape index (κ2) is 20.8. The third kappa shape index (κ3) is 12.2. The van der Waals surface area contributed by atoms with Crippen LogP contribution in [0.5, 0.6) is 5.88 Å². The lowest BCUT2D eigenvalue weighted by molar-refractivity contribution is -0.161. The van der Waals surface area contributed by atoms with Gasteiger partial charge in [-0.3, -0.25) is 19.2 Å². The number of carbonyl (C=O) groups excluding carboxylic acids is 4. The summed E-state index contributed by atoms with van der Waals surface area (Å²) < 4.78 is 25.0. The summed E-state index contributed by atoms with van der Waals surface area (Å²) in [5.74, 6) is 0.0279. The molecule has 0 bridgehead atoms. The number of carbonyl (C=O) groups is 4. The maximum atomic E-state index is 13.5. The summed E-state index contributed by atoms with van der Waals surface area (Å²) in [6.45, 7) is 2.96. The monoisotopic (exact) mass is 810 g/mol. The van der Waals surface area contributed by atoms with E-state index in [0.717, 1.165) is 102 Å². The van der Waals surface area contributed by atoms with Crippen LogP contribution < -0.4 is 25.2 Å². The summed E-state index contributed by atoms with van der Waals surface area (Å²) in [5, 5.41) is 6.32. The summed E-state index contributed by atoms with van der Waals surface area (Å²) in [5.41, 5.74) is 1.84. The topological polar surface area (TPSA) is 143 Å². The molecule has 12 nitrogen and oxygen atoms in total. The highest BCUT2D eigenvalue weighted by atomic mass is 19.1. The number of anilines is 2. The molecule has 3 aromatic rings. The first-order valence-electron chi connectivity index (χ1n) is 21.9. The molecule has 2 N–H and O–H groups in total. The standard InChI is InChI=1S/C46H59FN6O6/c47-36-18-15-32(16-19-36)23-26-58-46-39(45(57)50-38-13-5-2-6-14-38)20-22-41(51-46)53-25-8-10-34(31-53)28-43(55)59-42(54)27-33-9-7-24-52(30-33)40-21-17-35(29-48-40)44(56)49-37-11-3-1-4-12-37/h15-22,29,33-34,37-38H,1-14,23-28,30-31H2,(H,49,56)(H,50,57)/t33-,34-/m0/s1. The van der Waals surface area contributed by atoms with E-state index < -0.39 is 11.9 Å². The number of aromatic nitrogens is 2. The number of pyridine rings is 2. The number of nitrogens with zero attached hydrogens (tertiary/aromatic N) is 4. The molecule has 0 radical (unpaired) electrons. The number of rotatable bonds is 14. The summed E-state index contributed by atoms with van der Waals surface area (Å²) in [4.78, 5) is 66.0. The van der Waals surface area contributed by atoms with Gasteiger partial charge in [0.2, 0.25) is 5.88 Å². The number of nitrogens with one attached hydrogen (secondary N) is 2. The van der Waals surface area contributed by atoms with Crippen LogP contribution >= 0.6 is 0 Å². The van der Waals surface area contributed by atoms with Crippen molar-refractivity contribution in [2.24, 2.45) is 11.8 Å². The number of halogens is 1. The summed E-state index contributed by atoms with van der Waals surface area (Å²) >= 11 is 0. The molecule has 0 unspecified atom stereocenters. The normalized spacial score (nSPS) is 20.4. The molecular weight excluding hydrogens is 752 g/mol. The van der Waals surface area contributed by atoms with E-state index in [1.165, 1.54) is 25.0 Å². The minimum Gasteiger partial charge on any atom is -0.477 e. The Morgan fingerprint density at radius 3 is 1.83 bits per heavy atom. The fourth-order valence-electron chi connectivity index (χ4n) is 9.10. The van der Waals surface area contributed by atoms with E-state index in [9.17, 15) is 23.6 Å². The summed E-state index contributed by atoms with van der Waals surface area (Å²) in [7, 11) is 0. The molecule has 2 aliphatic carbocycles. The number of hydrogen-bond donors (Lipinski definition) is 2. The molecule has 4 aliphatic rings. The lowest BCUT2D eigenvalue weighted by Gasteiger charge is -2.34. The van der Waals surface area contributed by atoms with Crippen molar-refractivity contribution in [3.05, 3.63) is 77.2 Å². The van der Waals surface area contributed by atoms with Crippen molar-refractivity contribution < 1.29 is 33.0 Å². The van der Waals surface area contributed by atoms with E-state index in [4.69, 9.17) is 14.5 Å². The summed E-state index contributed by atoms with van der Waals surface area (Å²) in [6, 6.07) is 13.9. The molecular formula is C46H59FN6O6. The highest BCUT2D eigenvalue weighted by Gasteiger charge is 2.29. The second-order valence-corrected chi connectivity index (χ2v) is 16.9. The van der Waals surface area contributed by atoms with Crippen LogP contribution in [0.4, 0.5) is 16.0 Å². The average Bonchev–Trinajstić information content (AvgIpc) is 3.25. The van der Waals surface area contributed by atoms with Crippen molar-refractivity contribution in [3.8, 4) is 5.88 Å². The van der Waals surface area contributed by atoms with E-state index in [1.54, 1.807) is 24.4 Å². The zero-order chi connectivity index (χ0) is 41.0. The molecule has 13 heteroatoms. The molecule has 2 saturated carbocycles. The molecule has 1 aromatic carbocycles. The molecule has 7 rings (SSSR count). The Hall–Kier alpha value is -5.07. The van der Waals surface area contributed by atoms with Gasteiger partial charge < -0.3 is 29.9 Å². The first-order valence-corrected chi connectivity index (χ1v) is 21.9. The molecule has 0 spiro atoms. The van der Waals surface area contributed by atoms with E-state index in [-0.39, 0.29) is 66.9 Å². The molecule has 4 heterocycles. The third-order valence-electron chi connectivity index (χ3n) is 12.3.